The number of hydrogen-bond donors (Lipinski definition) is 0. The van der Waals surface area contributed by atoms with Gasteiger partial charge in [0.15, 0.2) is 0 Å². The van der Waals surface area contributed by atoms with Gasteiger partial charge in [-0.3, -0.25) is 4.79 Å². The fourth-order valence-corrected chi connectivity index (χ4v) is 4.04. The summed E-state index contributed by atoms with van der Waals surface area (Å²) in [7, 11) is 0. The van der Waals surface area contributed by atoms with E-state index >= 15 is 0 Å². The van der Waals surface area contributed by atoms with Gasteiger partial charge in [-0.05, 0) is 37.7 Å². The standard InChI is InChI=1S/C18H25NO/c1-17(2,15-9-5-3-6-10-15)19-14-18(13-16(19)20)11-7-4-8-12-18/h3,5-6,9-10H,4,7-8,11-14H2,1-2H3. The number of benzene rings is 1. The van der Waals surface area contributed by atoms with Crippen molar-refractivity contribution in [1.29, 1.82) is 0 Å². The van der Waals surface area contributed by atoms with Gasteiger partial charge in [0.05, 0.1) is 5.54 Å². The van der Waals surface area contributed by atoms with E-state index in [0.717, 1.165) is 13.0 Å². The molecule has 0 aromatic heterocycles. The van der Waals surface area contributed by atoms with E-state index in [1.807, 2.05) is 6.07 Å². The lowest BCUT2D eigenvalue weighted by Gasteiger charge is -2.39. The molecule has 2 fully saturated rings. The summed E-state index contributed by atoms with van der Waals surface area (Å²) < 4.78 is 0. The van der Waals surface area contributed by atoms with Crippen molar-refractivity contribution in [3.05, 3.63) is 35.9 Å². The van der Waals surface area contributed by atoms with Crippen LogP contribution in [0.4, 0.5) is 0 Å². The molecule has 1 heterocycles. The Hall–Kier alpha value is -1.31. The van der Waals surface area contributed by atoms with E-state index in [0.29, 0.717) is 5.91 Å². The lowest BCUT2D eigenvalue weighted by molar-refractivity contribution is -0.132. The largest absolute Gasteiger partial charge is 0.333 e. The minimum atomic E-state index is -0.195. The second-order valence-corrected chi connectivity index (χ2v) is 7.14. The van der Waals surface area contributed by atoms with E-state index in [-0.39, 0.29) is 11.0 Å². The summed E-state index contributed by atoms with van der Waals surface area (Å²) in [4.78, 5) is 14.7. The van der Waals surface area contributed by atoms with E-state index in [1.165, 1.54) is 37.7 Å². The molecule has 108 valence electrons. The zero-order chi connectivity index (χ0) is 14.2. The van der Waals surface area contributed by atoms with Crippen LogP contribution in [0.15, 0.2) is 30.3 Å². The summed E-state index contributed by atoms with van der Waals surface area (Å²) in [6.45, 7) is 5.32. The van der Waals surface area contributed by atoms with Gasteiger partial charge in [0, 0.05) is 13.0 Å². The maximum atomic E-state index is 12.6. The van der Waals surface area contributed by atoms with Crippen molar-refractivity contribution in [3.8, 4) is 0 Å². The van der Waals surface area contributed by atoms with Gasteiger partial charge in [-0.2, -0.15) is 0 Å². The second kappa shape index (κ2) is 4.91. The zero-order valence-electron chi connectivity index (χ0n) is 12.7. The molecule has 0 atom stereocenters. The molecule has 1 aliphatic heterocycles. The highest BCUT2D eigenvalue weighted by atomic mass is 16.2. The summed E-state index contributed by atoms with van der Waals surface area (Å²) >= 11 is 0. The maximum Gasteiger partial charge on any atom is 0.223 e. The highest BCUT2D eigenvalue weighted by molar-refractivity contribution is 5.80. The molecule has 1 saturated heterocycles. The molecule has 1 spiro atoms. The molecule has 1 saturated carbocycles. The van der Waals surface area contributed by atoms with Crippen LogP contribution >= 0.6 is 0 Å². The van der Waals surface area contributed by atoms with Crippen molar-refractivity contribution in [3.63, 3.8) is 0 Å². The predicted octanol–water partition coefficient (Wildman–Crippen LogP) is 4.10. The molecule has 0 N–H and O–H groups in total. The molecule has 1 amide bonds. The van der Waals surface area contributed by atoms with Crippen LogP contribution in [0.25, 0.3) is 0 Å². The number of amides is 1. The van der Waals surface area contributed by atoms with E-state index in [1.54, 1.807) is 0 Å². The SMILES string of the molecule is CC(C)(c1ccccc1)N1CC2(CCCCC2)CC1=O. The number of rotatable bonds is 2. The lowest BCUT2D eigenvalue weighted by atomic mass is 9.73. The summed E-state index contributed by atoms with van der Waals surface area (Å²) in [6.07, 6.45) is 7.18. The average Bonchev–Trinajstić information content (AvgIpc) is 2.78. The first-order chi connectivity index (χ1) is 9.54. The molecule has 0 unspecified atom stereocenters. The first kappa shape index (κ1) is 13.7. The number of carbonyl (C=O) groups is 1. The van der Waals surface area contributed by atoms with Crippen LogP contribution < -0.4 is 0 Å². The molecule has 2 heteroatoms. The van der Waals surface area contributed by atoms with Crippen LogP contribution in [0.3, 0.4) is 0 Å². The average molecular weight is 271 g/mol. The molecule has 2 nitrogen and oxygen atoms in total. The van der Waals surface area contributed by atoms with Crippen LogP contribution in [-0.2, 0) is 10.3 Å². The van der Waals surface area contributed by atoms with Gasteiger partial charge in [-0.1, -0.05) is 49.6 Å². The molecular formula is C18H25NO. The van der Waals surface area contributed by atoms with Gasteiger partial charge in [-0.15, -0.1) is 0 Å². The summed E-state index contributed by atoms with van der Waals surface area (Å²) in [5.74, 6) is 0.348. The highest BCUT2D eigenvalue weighted by Gasteiger charge is 2.48. The molecule has 2 aliphatic rings. The van der Waals surface area contributed by atoms with Gasteiger partial charge < -0.3 is 4.90 Å². The van der Waals surface area contributed by atoms with Crippen molar-refractivity contribution < 1.29 is 4.79 Å². The smallest absolute Gasteiger partial charge is 0.223 e. The van der Waals surface area contributed by atoms with E-state index < -0.39 is 0 Å². The Morgan fingerprint density at radius 1 is 1.05 bits per heavy atom. The van der Waals surface area contributed by atoms with Gasteiger partial charge in [-0.25, -0.2) is 0 Å². The Kier molecular flexibility index (Phi) is 3.35. The predicted molar refractivity (Wildman–Crippen MR) is 81.3 cm³/mol. The van der Waals surface area contributed by atoms with E-state index in [2.05, 4.69) is 43.0 Å². The van der Waals surface area contributed by atoms with Crippen molar-refractivity contribution >= 4 is 5.91 Å². The van der Waals surface area contributed by atoms with Crippen LogP contribution in [0.1, 0.15) is 57.9 Å². The third-order valence-corrected chi connectivity index (χ3v) is 5.39. The molecular weight excluding hydrogens is 246 g/mol. The zero-order valence-corrected chi connectivity index (χ0v) is 12.7. The van der Waals surface area contributed by atoms with Gasteiger partial charge in [0.1, 0.15) is 0 Å². The molecule has 0 bridgehead atoms. The quantitative estimate of drug-likeness (QED) is 0.793. The lowest BCUT2D eigenvalue weighted by Crippen LogP contribution is -2.43. The van der Waals surface area contributed by atoms with Crippen LogP contribution in [0.2, 0.25) is 0 Å². The Bertz CT molecular complexity index is 485. The fraction of sp³-hybridized carbons (Fsp3) is 0.611. The number of nitrogens with zero attached hydrogens (tertiary/aromatic N) is 1. The van der Waals surface area contributed by atoms with Crippen molar-refractivity contribution in [2.45, 2.75) is 57.9 Å². The third-order valence-electron chi connectivity index (χ3n) is 5.39. The molecule has 1 aromatic carbocycles. The molecule has 1 aliphatic carbocycles. The van der Waals surface area contributed by atoms with Crippen LogP contribution in [0, 0.1) is 5.41 Å². The Morgan fingerprint density at radius 3 is 2.35 bits per heavy atom. The molecule has 0 radical (unpaired) electrons. The molecule has 1 aromatic rings. The monoisotopic (exact) mass is 271 g/mol. The van der Waals surface area contributed by atoms with Gasteiger partial charge in [0.2, 0.25) is 5.91 Å². The van der Waals surface area contributed by atoms with Crippen LogP contribution in [0.5, 0.6) is 0 Å². The van der Waals surface area contributed by atoms with Crippen molar-refractivity contribution in [1.82, 2.24) is 4.90 Å². The summed E-state index contributed by atoms with van der Waals surface area (Å²) in [6, 6.07) is 10.4. The number of likely N-dealkylation sites (tertiary alicyclic amines) is 1. The first-order valence-electron chi connectivity index (χ1n) is 7.90. The van der Waals surface area contributed by atoms with Gasteiger partial charge in [0.25, 0.3) is 0 Å². The minimum Gasteiger partial charge on any atom is -0.333 e. The maximum absolute atomic E-state index is 12.6. The Labute approximate surface area is 122 Å². The number of hydrogen-bond acceptors (Lipinski definition) is 1. The topological polar surface area (TPSA) is 20.3 Å². The summed E-state index contributed by atoms with van der Waals surface area (Å²) in [5.41, 5.74) is 1.32. The minimum absolute atomic E-state index is 0.195. The van der Waals surface area contributed by atoms with Crippen molar-refractivity contribution in [2.24, 2.45) is 5.41 Å². The second-order valence-electron chi connectivity index (χ2n) is 7.14. The third kappa shape index (κ3) is 2.25. The normalized spacial score (nSPS) is 22.5. The van der Waals surface area contributed by atoms with Crippen molar-refractivity contribution in [2.75, 3.05) is 6.54 Å². The summed E-state index contributed by atoms with van der Waals surface area (Å²) in [5, 5.41) is 0. The number of carbonyl (C=O) groups excluding carboxylic acids is 1. The fourth-order valence-electron chi connectivity index (χ4n) is 4.04. The van der Waals surface area contributed by atoms with E-state index in [4.69, 9.17) is 0 Å². The molecule has 3 rings (SSSR count). The molecule has 20 heavy (non-hydrogen) atoms. The van der Waals surface area contributed by atoms with E-state index in [9.17, 15) is 4.79 Å². The first-order valence-corrected chi connectivity index (χ1v) is 7.90. The Balaban J connectivity index is 1.85. The highest BCUT2D eigenvalue weighted by Crippen LogP contribution is 2.47. The van der Waals surface area contributed by atoms with Crippen LogP contribution in [-0.4, -0.2) is 17.4 Å². The Morgan fingerprint density at radius 2 is 1.70 bits per heavy atom. The van der Waals surface area contributed by atoms with Gasteiger partial charge >= 0.3 is 0 Å².